The standard InChI is InChI=1S/C13H13F2NO4/c1-19-12(18)10-9(6-16-11(10)17)7-2-4-8(5-3-7)20-13(14)15/h2-5,9-10,13H,6H2,1H3,(H,16,17)/t9-,10-/m1/s1. The van der Waals surface area contributed by atoms with Crippen LogP contribution in [0.1, 0.15) is 11.5 Å². The minimum atomic E-state index is -2.89. The topological polar surface area (TPSA) is 64.6 Å². The Labute approximate surface area is 113 Å². The molecular weight excluding hydrogens is 272 g/mol. The Morgan fingerprint density at radius 2 is 2.00 bits per heavy atom. The first-order valence-electron chi connectivity index (χ1n) is 5.93. The molecule has 0 aromatic heterocycles. The molecule has 108 valence electrons. The molecule has 1 heterocycles. The number of carbonyl (C=O) groups excluding carboxylic acids is 2. The lowest BCUT2D eigenvalue weighted by atomic mass is 9.88. The van der Waals surface area contributed by atoms with E-state index < -0.39 is 24.4 Å². The Kier molecular flexibility index (Phi) is 4.16. The molecule has 0 radical (unpaired) electrons. The monoisotopic (exact) mass is 285 g/mol. The highest BCUT2D eigenvalue weighted by molar-refractivity contribution is 6.00. The highest BCUT2D eigenvalue weighted by Crippen LogP contribution is 2.31. The molecule has 2 atom stereocenters. The van der Waals surface area contributed by atoms with Crippen LogP contribution < -0.4 is 10.1 Å². The molecule has 1 aromatic carbocycles. The van der Waals surface area contributed by atoms with Crippen molar-refractivity contribution >= 4 is 11.9 Å². The van der Waals surface area contributed by atoms with Crippen molar-refractivity contribution in [2.45, 2.75) is 12.5 Å². The number of hydrogen-bond acceptors (Lipinski definition) is 4. The lowest BCUT2D eigenvalue weighted by Crippen LogP contribution is -2.28. The maximum absolute atomic E-state index is 12.0. The third kappa shape index (κ3) is 2.87. The molecule has 1 aliphatic rings. The zero-order chi connectivity index (χ0) is 14.7. The summed E-state index contributed by atoms with van der Waals surface area (Å²) in [6, 6.07) is 5.86. The number of ether oxygens (including phenoxy) is 2. The Balaban J connectivity index is 2.18. The van der Waals surface area contributed by atoms with Crippen LogP contribution in [0.3, 0.4) is 0 Å². The van der Waals surface area contributed by atoms with Gasteiger partial charge in [0.15, 0.2) is 0 Å². The van der Waals surface area contributed by atoms with Gasteiger partial charge in [-0.2, -0.15) is 8.78 Å². The smallest absolute Gasteiger partial charge is 0.387 e. The molecule has 1 aromatic rings. The van der Waals surface area contributed by atoms with Gasteiger partial charge in [-0.25, -0.2) is 0 Å². The quantitative estimate of drug-likeness (QED) is 0.669. The van der Waals surface area contributed by atoms with Crippen molar-refractivity contribution in [3.05, 3.63) is 29.8 Å². The molecule has 1 aliphatic heterocycles. The third-order valence-electron chi connectivity index (χ3n) is 3.17. The van der Waals surface area contributed by atoms with Gasteiger partial charge >= 0.3 is 12.6 Å². The van der Waals surface area contributed by atoms with E-state index in [1.807, 2.05) is 0 Å². The fourth-order valence-corrected chi connectivity index (χ4v) is 2.23. The summed E-state index contributed by atoms with van der Waals surface area (Å²) in [5.74, 6) is -2.28. The average molecular weight is 285 g/mol. The molecule has 1 fully saturated rings. The van der Waals surface area contributed by atoms with Crippen molar-refractivity contribution in [2.24, 2.45) is 5.92 Å². The van der Waals surface area contributed by atoms with Crippen LogP contribution >= 0.6 is 0 Å². The predicted molar refractivity (Wildman–Crippen MR) is 64.3 cm³/mol. The van der Waals surface area contributed by atoms with Crippen molar-refractivity contribution in [3.63, 3.8) is 0 Å². The molecule has 1 amide bonds. The van der Waals surface area contributed by atoms with Gasteiger partial charge in [-0.3, -0.25) is 9.59 Å². The number of amides is 1. The molecule has 0 spiro atoms. The number of nitrogens with one attached hydrogen (secondary N) is 1. The number of halogens is 2. The maximum atomic E-state index is 12.0. The van der Waals surface area contributed by atoms with Gasteiger partial charge in [-0.15, -0.1) is 0 Å². The van der Waals surface area contributed by atoms with E-state index in [0.717, 1.165) is 0 Å². The SMILES string of the molecule is COC(=O)[C@H]1C(=O)NC[C@@H]1c1ccc(OC(F)F)cc1. The molecule has 0 bridgehead atoms. The molecule has 7 heteroatoms. The van der Waals surface area contributed by atoms with E-state index in [1.165, 1.54) is 19.2 Å². The van der Waals surface area contributed by atoms with E-state index in [4.69, 9.17) is 0 Å². The van der Waals surface area contributed by atoms with Gasteiger partial charge in [0.25, 0.3) is 0 Å². The van der Waals surface area contributed by atoms with Gasteiger partial charge in [0.1, 0.15) is 11.7 Å². The number of hydrogen-bond donors (Lipinski definition) is 1. The molecule has 0 saturated carbocycles. The average Bonchev–Trinajstić information content (AvgIpc) is 2.80. The largest absolute Gasteiger partial charge is 0.468 e. The second-order valence-electron chi connectivity index (χ2n) is 4.30. The van der Waals surface area contributed by atoms with Crippen LogP contribution in [0.5, 0.6) is 5.75 Å². The lowest BCUT2D eigenvalue weighted by Gasteiger charge is -2.15. The fraction of sp³-hybridized carbons (Fsp3) is 0.385. The molecule has 5 nitrogen and oxygen atoms in total. The summed E-state index contributed by atoms with van der Waals surface area (Å²) >= 11 is 0. The highest BCUT2D eigenvalue weighted by atomic mass is 19.3. The van der Waals surface area contributed by atoms with Gasteiger partial charge in [0.05, 0.1) is 7.11 Å². The number of alkyl halides is 2. The van der Waals surface area contributed by atoms with E-state index in [-0.39, 0.29) is 11.7 Å². The summed E-state index contributed by atoms with van der Waals surface area (Å²) in [6.07, 6.45) is 0. The molecule has 20 heavy (non-hydrogen) atoms. The summed E-state index contributed by atoms with van der Waals surface area (Å²) in [5.41, 5.74) is 0.681. The lowest BCUT2D eigenvalue weighted by molar-refractivity contribution is -0.149. The molecule has 1 N–H and O–H groups in total. The normalized spacial score (nSPS) is 21.7. The van der Waals surface area contributed by atoms with Gasteiger partial charge < -0.3 is 14.8 Å². The van der Waals surface area contributed by atoms with E-state index in [9.17, 15) is 18.4 Å². The van der Waals surface area contributed by atoms with Gasteiger partial charge in [-0.1, -0.05) is 12.1 Å². The first-order chi connectivity index (χ1) is 9.52. The Morgan fingerprint density at radius 3 is 2.55 bits per heavy atom. The van der Waals surface area contributed by atoms with Gasteiger partial charge in [-0.05, 0) is 17.7 Å². The number of esters is 1. The van der Waals surface area contributed by atoms with Crippen LogP contribution in [0.4, 0.5) is 8.78 Å². The van der Waals surface area contributed by atoms with E-state index in [2.05, 4.69) is 14.8 Å². The number of rotatable bonds is 4. The van der Waals surface area contributed by atoms with Crippen molar-refractivity contribution in [3.8, 4) is 5.75 Å². The van der Waals surface area contributed by atoms with Gasteiger partial charge in [0, 0.05) is 12.5 Å². The summed E-state index contributed by atoms with van der Waals surface area (Å²) in [5, 5.41) is 2.59. The summed E-state index contributed by atoms with van der Waals surface area (Å²) in [6.45, 7) is -2.59. The first kappa shape index (κ1) is 14.2. The summed E-state index contributed by atoms with van der Waals surface area (Å²) in [7, 11) is 1.21. The van der Waals surface area contributed by atoms with E-state index in [0.29, 0.717) is 12.1 Å². The van der Waals surface area contributed by atoms with Crippen molar-refractivity contribution < 1.29 is 27.8 Å². The highest BCUT2D eigenvalue weighted by Gasteiger charge is 2.41. The van der Waals surface area contributed by atoms with E-state index >= 15 is 0 Å². The van der Waals surface area contributed by atoms with Crippen molar-refractivity contribution in [2.75, 3.05) is 13.7 Å². The van der Waals surface area contributed by atoms with Crippen LogP contribution in [-0.2, 0) is 14.3 Å². The second-order valence-corrected chi connectivity index (χ2v) is 4.30. The minimum Gasteiger partial charge on any atom is -0.468 e. The Bertz CT molecular complexity index is 504. The zero-order valence-corrected chi connectivity index (χ0v) is 10.6. The molecule has 2 rings (SSSR count). The van der Waals surface area contributed by atoms with Crippen LogP contribution in [0.25, 0.3) is 0 Å². The van der Waals surface area contributed by atoms with Crippen molar-refractivity contribution in [1.82, 2.24) is 5.32 Å². The molecular formula is C13H13F2NO4. The van der Waals surface area contributed by atoms with Crippen LogP contribution in [0, 0.1) is 5.92 Å². The minimum absolute atomic E-state index is 0.0238. The Morgan fingerprint density at radius 1 is 1.35 bits per heavy atom. The fourth-order valence-electron chi connectivity index (χ4n) is 2.23. The van der Waals surface area contributed by atoms with Crippen LogP contribution in [-0.4, -0.2) is 32.1 Å². The number of methoxy groups -OCH3 is 1. The van der Waals surface area contributed by atoms with Crippen LogP contribution in [0.2, 0.25) is 0 Å². The number of carbonyl (C=O) groups is 2. The second kappa shape index (κ2) is 5.85. The molecule has 1 saturated heterocycles. The Hall–Kier alpha value is -2.18. The summed E-state index contributed by atoms with van der Waals surface area (Å²) < 4.78 is 32.9. The molecule has 0 unspecified atom stereocenters. The maximum Gasteiger partial charge on any atom is 0.387 e. The summed E-state index contributed by atoms with van der Waals surface area (Å²) in [4.78, 5) is 23.2. The van der Waals surface area contributed by atoms with Crippen molar-refractivity contribution in [1.29, 1.82) is 0 Å². The third-order valence-corrected chi connectivity index (χ3v) is 3.17. The van der Waals surface area contributed by atoms with E-state index in [1.54, 1.807) is 12.1 Å². The molecule has 0 aliphatic carbocycles. The predicted octanol–water partition coefficient (Wildman–Crippen LogP) is 1.29. The van der Waals surface area contributed by atoms with Gasteiger partial charge in [0.2, 0.25) is 5.91 Å². The first-order valence-corrected chi connectivity index (χ1v) is 5.93. The zero-order valence-electron chi connectivity index (χ0n) is 10.6. The van der Waals surface area contributed by atoms with Crippen LogP contribution in [0.15, 0.2) is 24.3 Å². The number of benzene rings is 1.